The molecule has 1 atom stereocenters. The lowest BCUT2D eigenvalue weighted by Crippen LogP contribution is -2.54. The van der Waals surface area contributed by atoms with E-state index in [9.17, 15) is 9.59 Å². The molecule has 1 unspecified atom stereocenters. The molecule has 0 bridgehead atoms. The van der Waals surface area contributed by atoms with Crippen LogP contribution < -0.4 is 5.32 Å². The van der Waals surface area contributed by atoms with Crippen LogP contribution in [-0.2, 0) is 9.59 Å². The lowest BCUT2D eigenvalue weighted by molar-refractivity contribution is -0.148. The van der Waals surface area contributed by atoms with Crippen molar-refractivity contribution in [2.45, 2.75) is 32.2 Å². The van der Waals surface area contributed by atoms with Crippen molar-refractivity contribution in [3.8, 4) is 0 Å². The topological polar surface area (TPSA) is 49.4 Å². The summed E-state index contributed by atoms with van der Waals surface area (Å²) in [6, 6.07) is 7.36. The molecule has 20 heavy (non-hydrogen) atoms. The number of rotatable bonds is 2. The van der Waals surface area contributed by atoms with Gasteiger partial charge in [0.25, 0.3) is 0 Å². The second-order valence-corrected chi connectivity index (χ2v) is 5.71. The van der Waals surface area contributed by atoms with Crippen LogP contribution in [0.2, 0.25) is 0 Å². The highest BCUT2D eigenvalue weighted by atomic mass is 16.2. The minimum atomic E-state index is -0.460. The zero-order valence-corrected chi connectivity index (χ0v) is 11.8. The van der Waals surface area contributed by atoms with E-state index in [2.05, 4.69) is 5.32 Å². The molecule has 1 saturated heterocycles. The summed E-state index contributed by atoms with van der Waals surface area (Å²) in [5, 5.41) is 2.88. The molecule has 0 radical (unpaired) electrons. The van der Waals surface area contributed by atoms with E-state index in [0.717, 1.165) is 30.4 Å². The first-order chi connectivity index (χ1) is 9.68. The lowest BCUT2D eigenvalue weighted by atomic mass is 9.83. The Balaban J connectivity index is 1.92. The maximum Gasteiger partial charge on any atom is 0.247 e. The standard InChI is InChI=1S/C16H20N2O2/c1-11-5-2-3-8-13(11)14-15(19)17-9-10-18(14)16(20)12-6-4-7-12/h2-3,5,8,12,14H,4,6-7,9-10H2,1H3,(H,17,19). The molecule has 2 aliphatic rings. The molecule has 1 saturated carbocycles. The SMILES string of the molecule is Cc1ccccc1C1C(=O)NCCN1C(=O)C1CCC1. The van der Waals surface area contributed by atoms with Crippen LogP contribution >= 0.6 is 0 Å². The molecule has 0 aromatic heterocycles. The molecule has 1 aliphatic heterocycles. The van der Waals surface area contributed by atoms with Crippen LogP contribution in [0.4, 0.5) is 0 Å². The van der Waals surface area contributed by atoms with Gasteiger partial charge in [0.15, 0.2) is 0 Å². The summed E-state index contributed by atoms with van der Waals surface area (Å²) in [6.45, 7) is 3.16. The van der Waals surface area contributed by atoms with Crippen molar-refractivity contribution in [2.75, 3.05) is 13.1 Å². The van der Waals surface area contributed by atoms with Gasteiger partial charge in [0.05, 0.1) is 0 Å². The summed E-state index contributed by atoms with van der Waals surface area (Å²) < 4.78 is 0. The molecular weight excluding hydrogens is 252 g/mol. The van der Waals surface area contributed by atoms with E-state index in [0.29, 0.717) is 13.1 Å². The van der Waals surface area contributed by atoms with E-state index in [-0.39, 0.29) is 17.7 Å². The summed E-state index contributed by atoms with van der Waals surface area (Å²) in [6.07, 6.45) is 3.07. The summed E-state index contributed by atoms with van der Waals surface area (Å²) in [5.74, 6) is 0.227. The maximum absolute atomic E-state index is 12.6. The second-order valence-electron chi connectivity index (χ2n) is 5.71. The highest BCUT2D eigenvalue weighted by Crippen LogP contribution is 2.33. The predicted octanol–water partition coefficient (Wildman–Crippen LogP) is 1.79. The highest BCUT2D eigenvalue weighted by Gasteiger charge is 2.39. The molecule has 106 valence electrons. The quantitative estimate of drug-likeness (QED) is 0.892. The van der Waals surface area contributed by atoms with Crippen LogP contribution in [0.15, 0.2) is 24.3 Å². The first-order valence-corrected chi connectivity index (χ1v) is 7.32. The summed E-state index contributed by atoms with van der Waals surface area (Å²) in [7, 11) is 0. The minimum absolute atomic E-state index is 0.0572. The number of nitrogens with zero attached hydrogens (tertiary/aromatic N) is 1. The van der Waals surface area contributed by atoms with Gasteiger partial charge in [0, 0.05) is 19.0 Å². The number of carbonyl (C=O) groups is 2. The largest absolute Gasteiger partial charge is 0.352 e. The van der Waals surface area contributed by atoms with Gasteiger partial charge >= 0.3 is 0 Å². The lowest BCUT2D eigenvalue weighted by Gasteiger charge is -2.39. The molecule has 1 heterocycles. The summed E-state index contributed by atoms with van der Waals surface area (Å²) >= 11 is 0. The van der Waals surface area contributed by atoms with Crippen molar-refractivity contribution in [1.29, 1.82) is 0 Å². The van der Waals surface area contributed by atoms with E-state index in [1.807, 2.05) is 31.2 Å². The van der Waals surface area contributed by atoms with Crippen molar-refractivity contribution < 1.29 is 9.59 Å². The molecule has 3 rings (SSSR count). The van der Waals surface area contributed by atoms with Crippen LogP contribution in [0.25, 0.3) is 0 Å². The van der Waals surface area contributed by atoms with Crippen molar-refractivity contribution in [3.05, 3.63) is 35.4 Å². The zero-order chi connectivity index (χ0) is 14.1. The van der Waals surface area contributed by atoms with Crippen LogP contribution in [0.1, 0.15) is 36.4 Å². The molecule has 1 aromatic carbocycles. The molecule has 1 aliphatic carbocycles. The predicted molar refractivity (Wildman–Crippen MR) is 76.0 cm³/mol. The van der Waals surface area contributed by atoms with Gasteiger partial charge in [-0.25, -0.2) is 0 Å². The Kier molecular flexibility index (Phi) is 3.47. The monoisotopic (exact) mass is 272 g/mol. The Morgan fingerprint density at radius 2 is 2.05 bits per heavy atom. The molecule has 0 spiro atoms. The Bertz CT molecular complexity index is 537. The fourth-order valence-electron chi connectivity index (χ4n) is 3.00. The van der Waals surface area contributed by atoms with Gasteiger partial charge in [-0.15, -0.1) is 0 Å². The molecule has 1 aromatic rings. The van der Waals surface area contributed by atoms with Gasteiger partial charge < -0.3 is 10.2 Å². The Labute approximate surface area is 119 Å². The van der Waals surface area contributed by atoms with E-state index < -0.39 is 6.04 Å². The summed E-state index contributed by atoms with van der Waals surface area (Å²) in [4.78, 5) is 26.6. The smallest absolute Gasteiger partial charge is 0.247 e. The molecule has 4 heteroatoms. The number of benzene rings is 1. The van der Waals surface area contributed by atoms with E-state index in [1.54, 1.807) is 4.90 Å². The number of nitrogens with one attached hydrogen (secondary N) is 1. The number of hydrogen-bond acceptors (Lipinski definition) is 2. The Morgan fingerprint density at radius 1 is 1.30 bits per heavy atom. The number of carbonyl (C=O) groups excluding carboxylic acids is 2. The van der Waals surface area contributed by atoms with Gasteiger partial charge in [-0.1, -0.05) is 30.7 Å². The highest BCUT2D eigenvalue weighted by molar-refractivity contribution is 5.91. The molecule has 2 amide bonds. The van der Waals surface area contributed by atoms with E-state index in [1.165, 1.54) is 0 Å². The number of piperazine rings is 1. The fraction of sp³-hybridized carbons (Fsp3) is 0.500. The number of aryl methyl sites for hydroxylation is 1. The Morgan fingerprint density at radius 3 is 2.70 bits per heavy atom. The maximum atomic E-state index is 12.6. The van der Waals surface area contributed by atoms with Crippen molar-refractivity contribution in [2.24, 2.45) is 5.92 Å². The van der Waals surface area contributed by atoms with Crippen molar-refractivity contribution >= 4 is 11.8 Å². The first-order valence-electron chi connectivity index (χ1n) is 7.32. The van der Waals surface area contributed by atoms with Gasteiger partial charge in [0.1, 0.15) is 6.04 Å². The average molecular weight is 272 g/mol. The van der Waals surface area contributed by atoms with Crippen molar-refractivity contribution in [1.82, 2.24) is 10.2 Å². The number of hydrogen-bond donors (Lipinski definition) is 1. The third kappa shape index (κ3) is 2.19. The van der Waals surface area contributed by atoms with Crippen molar-refractivity contribution in [3.63, 3.8) is 0 Å². The number of amides is 2. The first kappa shape index (κ1) is 13.2. The van der Waals surface area contributed by atoms with Gasteiger partial charge in [-0.3, -0.25) is 9.59 Å². The molecule has 2 fully saturated rings. The molecule has 1 N–H and O–H groups in total. The average Bonchev–Trinajstić information content (AvgIpc) is 2.37. The normalized spacial score (nSPS) is 23.1. The van der Waals surface area contributed by atoms with E-state index in [4.69, 9.17) is 0 Å². The third-order valence-electron chi connectivity index (χ3n) is 4.43. The molecule has 4 nitrogen and oxygen atoms in total. The van der Waals surface area contributed by atoms with Crippen LogP contribution in [0, 0.1) is 12.8 Å². The Hall–Kier alpha value is -1.84. The molecular formula is C16H20N2O2. The second kappa shape index (κ2) is 5.27. The summed E-state index contributed by atoms with van der Waals surface area (Å²) in [5.41, 5.74) is 2.00. The van der Waals surface area contributed by atoms with Gasteiger partial charge in [-0.2, -0.15) is 0 Å². The van der Waals surface area contributed by atoms with Gasteiger partial charge in [0.2, 0.25) is 11.8 Å². The zero-order valence-electron chi connectivity index (χ0n) is 11.8. The third-order valence-corrected chi connectivity index (χ3v) is 4.43. The minimum Gasteiger partial charge on any atom is -0.352 e. The van der Waals surface area contributed by atoms with E-state index >= 15 is 0 Å². The fourth-order valence-corrected chi connectivity index (χ4v) is 3.00. The van der Waals surface area contributed by atoms with Gasteiger partial charge in [-0.05, 0) is 30.9 Å². The van der Waals surface area contributed by atoms with Crippen LogP contribution in [0.3, 0.4) is 0 Å². The van der Waals surface area contributed by atoms with Crippen LogP contribution in [0.5, 0.6) is 0 Å². The van der Waals surface area contributed by atoms with Crippen LogP contribution in [-0.4, -0.2) is 29.8 Å².